The number of carboxylic acid groups (broad SMARTS) is 1. The molecule has 0 atom stereocenters. The topological polar surface area (TPSA) is 81.7 Å². The molecule has 0 aromatic carbocycles. The van der Waals surface area contributed by atoms with Gasteiger partial charge >= 0.3 is 12.0 Å². The summed E-state index contributed by atoms with van der Waals surface area (Å²) in [5.41, 5.74) is -0.212. The second-order valence-corrected chi connectivity index (χ2v) is 6.44. The molecule has 2 aliphatic rings. The number of nitrogens with one attached hydrogen (secondary N) is 2. The van der Waals surface area contributed by atoms with Gasteiger partial charge in [-0.25, -0.2) is 4.79 Å². The zero-order valence-corrected chi connectivity index (χ0v) is 12.7. The number of carbonyl (C=O) groups excluding carboxylic acids is 1. The Bertz CT molecular complexity index is 363. The molecule has 0 aromatic rings. The van der Waals surface area contributed by atoms with Crippen LogP contribution in [0.5, 0.6) is 0 Å². The SMILES string of the molecule is O=C(O)CC1(CNC(=O)NCCN2CCCCC2)CCC1. The van der Waals surface area contributed by atoms with E-state index < -0.39 is 5.97 Å². The maximum absolute atomic E-state index is 11.8. The Morgan fingerprint density at radius 3 is 2.33 bits per heavy atom. The fraction of sp³-hybridized carbons (Fsp3) is 0.867. The zero-order valence-electron chi connectivity index (χ0n) is 12.7. The highest BCUT2D eigenvalue weighted by atomic mass is 16.4. The number of likely N-dealkylation sites (tertiary alicyclic amines) is 1. The summed E-state index contributed by atoms with van der Waals surface area (Å²) in [4.78, 5) is 25.0. The largest absolute Gasteiger partial charge is 0.481 e. The van der Waals surface area contributed by atoms with Crippen LogP contribution in [0.3, 0.4) is 0 Å². The molecule has 0 aromatic heterocycles. The van der Waals surface area contributed by atoms with Gasteiger partial charge in [0.05, 0.1) is 6.42 Å². The number of piperidine rings is 1. The Hall–Kier alpha value is -1.30. The lowest BCUT2D eigenvalue weighted by atomic mass is 9.66. The van der Waals surface area contributed by atoms with E-state index in [2.05, 4.69) is 15.5 Å². The summed E-state index contributed by atoms with van der Waals surface area (Å²) < 4.78 is 0. The second-order valence-electron chi connectivity index (χ2n) is 6.44. The molecule has 3 N–H and O–H groups in total. The van der Waals surface area contributed by atoms with Crippen LogP contribution in [0.15, 0.2) is 0 Å². The van der Waals surface area contributed by atoms with Gasteiger partial charge in [-0.05, 0) is 44.2 Å². The van der Waals surface area contributed by atoms with Crippen LogP contribution in [0.1, 0.15) is 44.9 Å². The molecule has 1 heterocycles. The van der Waals surface area contributed by atoms with Crippen LogP contribution in [-0.2, 0) is 4.79 Å². The van der Waals surface area contributed by atoms with Gasteiger partial charge in [0.25, 0.3) is 0 Å². The van der Waals surface area contributed by atoms with Gasteiger partial charge in [-0.2, -0.15) is 0 Å². The van der Waals surface area contributed by atoms with Gasteiger partial charge in [0.1, 0.15) is 0 Å². The summed E-state index contributed by atoms with van der Waals surface area (Å²) in [6.07, 6.45) is 6.83. The lowest BCUT2D eigenvalue weighted by Gasteiger charge is -2.40. The second kappa shape index (κ2) is 7.64. The molecule has 2 rings (SSSR count). The van der Waals surface area contributed by atoms with Crippen molar-refractivity contribution in [2.45, 2.75) is 44.9 Å². The lowest BCUT2D eigenvalue weighted by Crippen LogP contribution is -2.47. The molecule has 120 valence electrons. The number of carboxylic acids is 1. The van der Waals surface area contributed by atoms with Crippen molar-refractivity contribution in [3.63, 3.8) is 0 Å². The third kappa shape index (κ3) is 5.19. The molecule has 21 heavy (non-hydrogen) atoms. The highest BCUT2D eigenvalue weighted by molar-refractivity contribution is 5.74. The van der Waals surface area contributed by atoms with E-state index in [1.165, 1.54) is 19.3 Å². The minimum absolute atomic E-state index is 0.154. The predicted molar refractivity (Wildman–Crippen MR) is 80.2 cm³/mol. The smallest absolute Gasteiger partial charge is 0.314 e. The molecule has 1 saturated heterocycles. The Morgan fingerprint density at radius 2 is 1.76 bits per heavy atom. The van der Waals surface area contributed by atoms with E-state index in [0.717, 1.165) is 38.9 Å². The molecule has 6 heteroatoms. The van der Waals surface area contributed by atoms with Crippen LogP contribution in [-0.4, -0.2) is 54.7 Å². The van der Waals surface area contributed by atoms with Crippen molar-refractivity contribution in [2.24, 2.45) is 5.41 Å². The molecule has 1 saturated carbocycles. The Kier molecular flexibility index (Phi) is 5.85. The first-order chi connectivity index (χ1) is 10.1. The average molecular weight is 297 g/mol. The number of hydrogen-bond donors (Lipinski definition) is 3. The number of rotatable bonds is 7. The first-order valence-electron chi connectivity index (χ1n) is 8.06. The molecular formula is C15H27N3O3. The zero-order chi connectivity index (χ0) is 15.1. The first-order valence-corrected chi connectivity index (χ1v) is 8.06. The summed E-state index contributed by atoms with van der Waals surface area (Å²) in [6, 6.07) is -0.177. The standard InChI is InChI=1S/C15H27N3O3/c19-13(20)11-15(5-4-6-15)12-17-14(21)16-7-10-18-8-2-1-3-9-18/h1-12H2,(H,19,20)(H2,16,17,21). The highest BCUT2D eigenvalue weighted by Crippen LogP contribution is 2.43. The van der Waals surface area contributed by atoms with Gasteiger partial charge in [-0.3, -0.25) is 4.79 Å². The maximum Gasteiger partial charge on any atom is 0.314 e. The van der Waals surface area contributed by atoms with Crippen molar-refractivity contribution in [1.82, 2.24) is 15.5 Å². The predicted octanol–water partition coefficient (Wildman–Crippen LogP) is 1.42. The van der Waals surface area contributed by atoms with E-state index in [4.69, 9.17) is 5.11 Å². The van der Waals surface area contributed by atoms with E-state index in [9.17, 15) is 9.59 Å². The van der Waals surface area contributed by atoms with Crippen LogP contribution >= 0.6 is 0 Å². The molecule has 0 bridgehead atoms. The van der Waals surface area contributed by atoms with Gasteiger partial charge in [0.2, 0.25) is 0 Å². The third-order valence-corrected chi connectivity index (χ3v) is 4.73. The minimum atomic E-state index is -0.776. The van der Waals surface area contributed by atoms with Gasteiger partial charge in [-0.1, -0.05) is 12.8 Å². The molecule has 1 aliphatic carbocycles. The van der Waals surface area contributed by atoms with Crippen molar-refractivity contribution >= 4 is 12.0 Å². The number of nitrogens with zero attached hydrogens (tertiary/aromatic N) is 1. The van der Waals surface area contributed by atoms with Gasteiger partial charge in [0.15, 0.2) is 0 Å². The van der Waals surface area contributed by atoms with Gasteiger partial charge in [-0.15, -0.1) is 0 Å². The van der Waals surface area contributed by atoms with Gasteiger partial charge in [0, 0.05) is 19.6 Å². The van der Waals surface area contributed by atoms with Crippen LogP contribution in [0.2, 0.25) is 0 Å². The summed E-state index contributed by atoms with van der Waals surface area (Å²) in [6.45, 7) is 4.27. The maximum atomic E-state index is 11.8. The van der Waals surface area contributed by atoms with Crippen molar-refractivity contribution < 1.29 is 14.7 Å². The van der Waals surface area contributed by atoms with E-state index in [-0.39, 0.29) is 17.9 Å². The summed E-state index contributed by atoms with van der Waals surface area (Å²) in [5.74, 6) is -0.776. The average Bonchev–Trinajstić information content (AvgIpc) is 2.42. The van der Waals surface area contributed by atoms with Crippen molar-refractivity contribution in [3.05, 3.63) is 0 Å². The quantitative estimate of drug-likeness (QED) is 0.664. The molecule has 0 unspecified atom stereocenters. The number of amides is 2. The molecule has 2 amide bonds. The summed E-state index contributed by atoms with van der Waals surface area (Å²) in [5, 5.41) is 14.6. The number of hydrogen-bond acceptors (Lipinski definition) is 3. The summed E-state index contributed by atoms with van der Waals surface area (Å²) >= 11 is 0. The number of urea groups is 1. The normalized spacial score (nSPS) is 21.3. The molecule has 0 spiro atoms. The summed E-state index contributed by atoms with van der Waals surface area (Å²) in [7, 11) is 0. The monoisotopic (exact) mass is 297 g/mol. The first kappa shape index (κ1) is 16.1. The van der Waals surface area contributed by atoms with Crippen molar-refractivity contribution in [2.75, 3.05) is 32.7 Å². The van der Waals surface area contributed by atoms with Crippen LogP contribution in [0.4, 0.5) is 4.79 Å². The molecule has 1 aliphatic heterocycles. The number of carbonyl (C=O) groups is 2. The van der Waals surface area contributed by atoms with Crippen molar-refractivity contribution in [3.8, 4) is 0 Å². The number of aliphatic carboxylic acids is 1. The third-order valence-electron chi connectivity index (χ3n) is 4.73. The Labute approximate surface area is 126 Å². The lowest BCUT2D eigenvalue weighted by molar-refractivity contribution is -0.141. The fourth-order valence-electron chi connectivity index (χ4n) is 3.25. The van der Waals surface area contributed by atoms with E-state index >= 15 is 0 Å². The van der Waals surface area contributed by atoms with Gasteiger partial charge < -0.3 is 20.6 Å². The minimum Gasteiger partial charge on any atom is -0.481 e. The van der Waals surface area contributed by atoms with Crippen LogP contribution in [0.25, 0.3) is 0 Å². The van der Waals surface area contributed by atoms with E-state index in [1.807, 2.05) is 0 Å². The van der Waals surface area contributed by atoms with Crippen LogP contribution < -0.4 is 10.6 Å². The Balaban J connectivity index is 1.59. The van der Waals surface area contributed by atoms with Crippen LogP contribution in [0, 0.1) is 5.41 Å². The van der Waals surface area contributed by atoms with E-state index in [0.29, 0.717) is 13.1 Å². The fourth-order valence-corrected chi connectivity index (χ4v) is 3.25. The molecule has 6 nitrogen and oxygen atoms in total. The molecule has 2 fully saturated rings. The van der Waals surface area contributed by atoms with Crippen molar-refractivity contribution in [1.29, 1.82) is 0 Å². The molecular weight excluding hydrogens is 270 g/mol. The highest BCUT2D eigenvalue weighted by Gasteiger charge is 2.39. The van der Waals surface area contributed by atoms with E-state index in [1.54, 1.807) is 0 Å². The molecule has 0 radical (unpaired) electrons. The Morgan fingerprint density at radius 1 is 1.05 bits per heavy atom.